The molecule has 0 spiro atoms. The van der Waals surface area contributed by atoms with Crippen molar-refractivity contribution in [1.29, 1.82) is 0 Å². The highest BCUT2D eigenvalue weighted by Gasteiger charge is 2.47. The summed E-state index contributed by atoms with van der Waals surface area (Å²) in [5, 5.41) is 57.3. The summed E-state index contributed by atoms with van der Waals surface area (Å²) in [5.41, 5.74) is 0. The van der Waals surface area contributed by atoms with Crippen LogP contribution in [0.15, 0.2) is 72.9 Å². The number of carbonyl (C=O) groups is 2. The van der Waals surface area contributed by atoms with Gasteiger partial charge in [-0.15, -0.1) is 0 Å². The van der Waals surface area contributed by atoms with E-state index < -0.39 is 67.4 Å². The van der Waals surface area contributed by atoms with Gasteiger partial charge in [-0.3, -0.25) is 9.59 Å². The van der Waals surface area contributed by atoms with Crippen LogP contribution < -0.4 is 5.32 Å². The molecule has 1 heterocycles. The average molecular weight is 1220 g/mol. The van der Waals surface area contributed by atoms with E-state index in [2.05, 4.69) is 86.8 Å². The van der Waals surface area contributed by atoms with Gasteiger partial charge in [-0.05, 0) is 70.6 Å². The minimum absolute atomic E-state index is 0.100. The zero-order valence-corrected chi connectivity index (χ0v) is 56.4. The van der Waals surface area contributed by atoms with Crippen molar-refractivity contribution in [1.82, 2.24) is 5.32 Å². The molecular formula is C76H137NO10. The van der Waals surface area contributed by atoms with Crippen molar-refractivity contribution in [2.24, 2.45) is 0 Å². The third kappa shape index (κ3) is 50.4. The topological polar surface area (TPSA) is 175 Å². The number of unbranched alkanes of at least 4 members (excludes halogenated alkanes) is 39. The molecule has 0 saturated carbocycles. The number of allylic oxidation sites excluding steroid dienone is 11. The van der Waals surface area contributed by atoms with Gasteiger partial charge in [-0.25, -0.2) is 0 Å². The van der Waals surface area contributed by atoms with E-state index in [0.29, 0.717) is 19.3 Å². The van der Waals surface area contributed by atoms with Gasteiger partial charge >= 0.3 is 5.97 Å². The SMILES string of the molecule is CC/C=C\C/C=C\C/C=C\C/C=C\C/C=C\CCCCCCCC(=O)OC1C(OCC(NC(=O)C(O)CCCCCCCCCCCCCCCCCCCCCCCCCC)C(O)/C=C/CCCCCCCCCCCCC)OC(CO)C(O)C1O. The smallest absolute Gasteiger partial charge is 0.306 e. The molecule has 1 rings (SSSR count). The molecule has 0 aliphatic carbocycles. The molecule has 0 aromatic carbocycles. The molecule has 8 unspecified atom stereocenters. The number of rotatable bonds is 63. The second-order valence-corrected chi connectivity index (χ2v) is 25.3. The Hall–Kier alpha value is -2.90. The molecule has 0 aromatic rings. The second-order valence-electron chi connectivity index (χ2n) is 25.3. The third-order valence-corrected chi connectivity index (χ3v) is 17.1. The Kier molecular flexibility index (Phi) is 59.7. The fourth-order valence-corrected chi connectivity index (χ4v) is 11.4. The van der Waals surface area contributed by atoms with E-state index in [1.54, 1.807) is 6.08 Å². The number of nitrogens with one attached hydrogen (secondary N) is 1. The van der Waals surface area contributed by atoms with Gasteiger partial charge in [0.15, 0.2) is 12.4 Å². The van der Waals surface area contributed by atoms with Crippen LogP contribution in [-0.4, -0.2) is 99.6 Å². The van der Waals surface area contributed by atoms with Crippen molar-refractivity contribution >= 4 is 11.9 Å². The summed E-state index contributed by atoms with van der Waals surface area (Å²) in [7, 11) is 0. The van der Waals surface area contributed by atoms with E-state index in [0.717, 1.165) is 103 Å². The van der Waals surface area contributed by atoms with Crippen molar-refractivity contribution < 1.29 is 49.3 Å². The Morgan fingerprint density at radius 2 is 0.828 bits per heavy atom. The molecule has 0 aromatic heterocycles. The summed E-state index contributed by atoms with van der Waals surface area (Å²) in [4.78, 5) is 26.7. The fourth-order valence-electron chi connectivity index (χ4n) is 11.4. The Morgan fingerprint density at radius 1 is 0.460 bits per heavy atom. The monoisotopic (exact) mass is 1220 g/mol. The van der Waals surface area contributed by atoms with Crippen LogP contribution in [0.3, 0.4) is 0 Å². The highest BCUT2D eigenvalue weighted by Crippen LogP contribution is 2.26. The average Bonchev–Trinajstić information content (AvgIpc) is 2.32. The largest absolute Gasteiger partial charge is 0.454 e. The molecule has 11 nitrogen and oxygen atoms in total. The summed E-state index contributed by atoms with van der Waals surface area (Å²) in [5.74, 6) is -1.20. The summed E-state index contributed by atoms with van der Waals surface area (Å²) in [6.45, 7) is 5.72. The molecule has 1 fully saturated rings. The molecule has 1 amide bonds. The predicted octanol–water partition coefficient (Wildman–Crippen LogP) is 19.1. The number of amides is 1. The van der Waals surface area contributed by atoms with Gasteiger partial charge in [0.1, 0.15) is 24.4 Å². The van der Waals surface area contributed by atoms with E-state index in [-0.39, 0.29) is 13.0 Å². The lowest BCUT2D eigenvalue weighted by Gasteiger charge is -2.41. The van der Waals surface area contributed by atoms with Gasteiger partial charge in [0.25, 0.3) is 0 Å². The van der Waals surface area contributed by atoms with Gasteiger partial charge in [-0.1, -0.05) is 331 Å². The first-order valence-electron chi connectivity index (χ1n) is 36.7. The summed E-state index contributed by atoms with van der Waals surface area (Å²) < 4.78 is 17.7. The van der Waals surface area contributed by atoms with Crippen molar-refractivity contribution in [3.8, 4) is 0 Å². The Balaban J connectivity index is 2.58. The first kappa shape index (κ1) is 82.1. The maximum absolute atomic E-state index is 13.5. The number of hydrogen-bond acceptors (Lipinski definition) is 10. The number of aliphatic hydroxyl groups is 5. The molecule has 87 heavy (non-hydrogen) atoms. The van der Waals surface area contributed by atoms with Crippen LogP contribution >= 0.6 is 0 Å². The van der Waals surface area contributed by atoms with E-state index in [9.17, 15) is 35.1 Å². The lowest BCUT2D eigenvalue weighted by Crippen LogP contribution is -2.61. The van der Waals surface area contributed by atoms with E-state index in [1.165, 1.54) is 186 Å². The van der Waals surface area contributed by atoms with Crippen molar-refractivity contribution in [3.05, 3.63) is 72.9 Å². The van der Waals surface area contributed by atoms with Crippen LogP contribution in [-0.2, 0) is 23.8 Å². The number of ether oxygens (including phenoxy) is 3. The number of aliphatic hydroxyl groups excluding tert-OH is 5. The second kappa shape index (κ2) is 63.3. The maximum atomic E-state index is 13.5. The molecule has 0 radical (unpaired) electrons. The highest BCUT2D eigenvalue weighted by molar-refractivity contribution is 5.80. The zero-order chi connectivity index (χ0) is 63.1. The molecule has 8 atom stereocenters. The van der Waals surface area contributed by atoms with E-state index >= 15 is 0 Å². The first-order chi connectivity index (χ1) is 42.7. The molecule has 6 N–H and O–H groups in total. The minimum Gasteiger partial charge on any atom is -0.454 e. The van der Waals surface area contributed by atoms with Crippen LogP contribution in [0.5, 0.6) is 0 Å². The molecular weight excluding hydrogens is 1090 g/mol. The summed E-state index contributed by atoms with van der Waals surface area (Å²) in [6, 6.07) is -1.03. The molecule has 1 aliphatic rings. The number of hydrogen-bond donors (Lipinski definition) is 6. The van der Waals surface area contributed by atoms with Gasteiger partial charge in [0.2, 0.25) is 5.91 Å². The molecule has 11 heteroatoms. The van der Waals surface area contributed by atoms with Crippen molar-refractivity contribution in [2.45, 2.75) is 384 Å². The van der Waals surface area contributed by atoms with Gasteiger partial charge in [0.05, 0.1) is 25.4 Å². The predicted molar refractivity (Wildman–Crippen MR) is 366 cm³/mol. The van der Waals surface area contributed by atoms with Crippen LogP contribution in [0.2, 0.25) is 0 Å². The first-order valence-corrected chi connectivity index (χ1v) is 36.7. The normalized spacial score (nSPS) is 18.6. The van der Waals surface area contributed by atoms with Crippen LogP contribution in [0.1, 0.15) is 335 Å². The molecule has 1 saturated heterocycles. The summed E-state index contributed by atoms with van der Waals surface area (Å²) >= 11 is 0. The summed E-state index contributed by atoms with van der Waals surface area (Å²) in [6.07, 6.45) is 72.3. The standard InChI is InChI=1S/C76H137NO10/c1-4-7-10-13-16-19-22-25-27-29-31-33-34-35-37-38-40-42-45-48-51-54-57-60-63-69(80)75(84)77-67(68(79)62-59-56-53-50-47-44-24-21-18-15-12-9-6-3)66-85-76-74(73(83)72(82)70(65-78)86-76)87-71(81)64-61-58-55-52-49-46-43-41-39-36-32-30-28-26-23-20-17-14-11-8-5-2/h8,11,17,20,26,28,32,36,41,43,59,62,67-70,72-74,76,78-80,82-83H,4-7,9-10,12-16,18-19,21-25,27,29-31,33-35,37-40,42,44-58,60-61,63-66H2,1-3H3,(H,77,84)/b11-8-,20-17-,28-26-,36-32-,43-41-,62-59+. The van der Waals surface area contributed by atoms with E-state index in [1.807, 2.05) is 6.08 Å². The lowest BCUT2D eigenvalue weighted by molar-refractivity contribution is -0.305. The number of carbonyl (C=O) groups excluding carboxylic acids is 2. The Morgan fingerprint density at radius 3 is 1.24 bits per heavy atom. The quantitative estimate of drug-likeness (QED) is 0.0195. The lowest BCUT2D eigenvalue weighted by atomic mass is 9.99. The third-order valence-electron chi connectivity index (χ3n) is 17.1. The van der Waals surface area contributed by atoms with Gasteiger partial charge in [-0.2, -0.15) is 0 Å². The molecule has 1 aliphatic heterocycles. The van der Waals surface area contributed by atoms with Crippen LogP contribution in [0, 0.1) is 0 Å². The Bertz CT molecular complexity index is 1690. The number of esters is 1. The highest BCUT2D eigenvalue weighted by atomic mass is 16.7. The fraction of sp³-hybridized carbons (Fsp3) is 0.816. The minimum atomic E-state index is -1.63. The van der Waals surface area contributed by atoms with E-state index in [4.69, 9.17) is 14.2 Å². The molecule has 506 valence electrons. The zero-order valence-electron chi connectivity index (χ0n) is 56.4. The molecule has 0 bridgehead atoms. The van der Waals surface area contributed by atoms with Gasteiger partial charge in [0, 0.05) is 6.42 Å². The maximum Gasteiger partial charge on any atom is 0.306 e. The van der Waals surface area contributed by atoms with Crippen LogP contribution in [0.25, 0.3) is 0 Å². The van der Waals surface area contributed by atoms with Crippen molar-refractivity contribution in [3.63, 3.8) is 0 Å². The van der Waals surface area contributed by atoms with Crippen LogP contribution in [0.4, 0.5) is 0 Å². The van der Waals surface area contributed by atoms with Gasteiger partial charge < -0.3 is 45.1 Å². The van der Waals surface area contributed by atoms with Crippen molar-refractivity contribution in [2.75, 3.05) is 13.2 Å². The Labute approximate surface area is 534 Å².